The van der Waals surface area contributed by atoms with Gasteiger partial charge in [-0.05, 0) is 49.8 Å². The number of aryl methyl sites for hydroxylation is 1. The Labute approximate surface area is 117 Å². The van der Waals surface area contributed by atoms with E-state index in [9.17, 15) is 0 Å². The lowest BCUT2D eigenvalue weighted by atomic mass is 9.84. The summed E-state index contributed by atoms with van der Waals surface area (Å²) < 4.78 is 5.30. The van der Waals surface area contributed by atoms with E-state index in [1.165, 1.54) is 43.2 Å². The van der Waals surface area contributed by atoms with Crippen molar-refractivity contribution in [1.82, 2.24) is 5.32 Å². The number of methoxy groups -OCH3 is 1. The summed E-state index contributed by atoms with van der Waals surface area (Å²) in [5.74, 6) is 1.84. The Kier molecular flexibility index (Phi) is 5.26. The molecule has 1 N–H and O–H groups in total. The molecule has 1 saturated carbocycles. The van der Waals surface area contributed by atoms with Crippen molar-refractivity contribution >= 4 is 0 Å². The van der Waals surface area contributed by atoms with Gasteiger partial charge < -0.3 is 10.1 Å². The van der Waals surface area contributed by atoms with Crippen LogP contribution in [0.2, 0.25) is 0 Å². The van der Waals surface area contributed by atoms with E-state index in [0.717, 1.165) is 18.2 Å². The third kappa shape index (κ3) is 3.97. The van der Waals surface area contributed by atoms with Gasteiger partial charge in [0.15, 0.2) is 0 Å². The summed E-state index contributed by atoms with van der Waals surface area (Å²) in [6.45, 7) is 5.40. The van der Waals surface area contributed by atoms with Gasteiger partial charge in [0.2, 0.25) is 0 Å². The Balaban J connectivity index is 1.85. The molecular weight excluding hydrogens is 234 g/mol. The standard InChI is InChI=1S/C17H27NO/c1-13-11-15(9-10-17(13)19-3)12-18-14(2)16-7-5-4-6-8-16/h9-11,14,16,18H,4-8,12H2,1-3H3/t14-/m0/s1. The first kappa shape index (κ1) is 14.4. The topological polar surface area (TPSA) is 21.3 Å². The third-order valence-electron chi connectivity index (χ3n) is 4.44. The summed E-state index contributed by atoms with van der Waals surface area (Å²) >= 11 is 0. The zero-order valence-corrected chi connectivity index (χ0v) is 12.5. The van der Waals surface area contributed by atoms with Gasteiger partial charge in [0.1, 0.15) is 5.75 Å². The van der Waals surface area contributed by atoms with Crippen molar-refractivity contribution in [1.29, 1.82) is 0 Å². The smallest absolute Gasteiger partial charge is 0.121 e. The molecule has 2 nitrogen and oxygen atoms in total. The summed E-state index contributed by atoms with van der Waals surface area (Å²) in [5, 5.41) is 3.69. The van der Waals surface area contributed by atoms with E-state index < -0.39 is 0 Å². The fraction of sp³-hybridized carbons (Fsp3) is 0.647. The minimum atomic E-state index is 0.628. The highest BCUT2D eigenvalue weighted by atomic mass is 16.5. The molecule has 1 aromatic carbocycles. The summed E-state index contributed by atoms with van der Waals surface area (Å²) in [7, 11) is 1.73. The molecule has 1 atom stereocenters. The summed E-state index contributed by atoms with van der Waals surface area (Å²) in [6, 6.07) is 7.08. The Bertz CT molecular complexity index is 396. The zero-order valence-electron chi connectivity index (χ0n) is 12.5. The number of hydrogen-bond donors (Lipinski definition) is 1. The van der Waals surface area contributed by atoms with Crippen LogP contribution in [0, 0.1) is 12.8 Å². The lowest BCUT2D eigenvalue weighted by molar-refractivity contribution is 0.280. The molecule has 0 aliphatic heterocycles. The van der Waals surface area contributed by atoms with Crippen LogP contribution in [0.15, 0.2) is 18.2 Å². The van der Waals surface area contributed by atoms with E-state index in [-0.39, 0.29) is 0 Å². The van der Waals surface area contributed by atoms with Gasteiger partial charge in [0.05, 0.1) is 7.11 Å². The molecule has 2 heteroatoms. The van der Waals surface area contributed by atoms with Gasteiger partial charge in [-0.1, -0.05) is 31.4 Å². The van der Waals surface area contributed by atoms with Crippen LogP contribution >= 0.6 is 0 Å². The minimum absolute atomic E-state index is 0.628. The van der Waals surface area contributed by atoms with E-state index in [0.29, 0.717) is 6.04 Å². The van der Waals surface area contributed by atoms with Gasteiger partial charge in [-0.3, -0.25) is 0 Å². The molecule has 106 valence electrons. The number of ether oxygens (including phenoxy) is 1. The second-order valence-corrected chi connectivity index (χ2v) is 5.87. The minimum Gasteiger partial charge on any atom is -0.496 e. The van der Waals surface area contributed by atoms with Crippen LogP contribution < -0.4 is 10.1 Å². The fourth-order valence-corrected chi connectivity index (χ4v) is 3.13. The molecule has 0 amide bonds. The lowest BCUT2D eigenvalue weighted by Gasteiger charge is -2.28. The Morgan fingerprint density at radius 1 is 1.26 bits per heavy atom. The largest absolute Gasteiger partial charge is 0.496 e. The first-order valence-electron chi connectivity index (χ1n) is 7.57. The van der Waals surface area contributed by atoms with Crippen LogP contribution in [0.5, 0.6) is 5.75 Å². The Hall–Kier alpha value is -1.02. The summed E-state index contributed by atoms with van der Waals surface area (Å²) in [4.78, 5) is 0. The number of rotatable bonds is 5. The SMILES string of the molecule is COc1ccc(CN[C@@H](C)C2CCCCC2)cc1C. The molecule has 1 aliphatic carbocycles. The van der Waals surface area contributed by atoms with Crippen molar-refractivity contribution < 1.29 is 4.74 Å². The van der Waals surface area contributed by atoms with Crippen molar-refractivity contribution in [2.45, 2.75) is 58.5 Å². The van der Waals surface area contributed by atoms with Crippen molar-refractivity contribution in [3.8, 4) is 5.75 Å². The van der Waals surface area contributed by atoms with Crippen LogP contribution in [0.25, 0.3) is 0 Å². The molecule has 0 saturated heterocycles. The van der Waals surface area contributed by atoms with Crippen LogP contribution in [-0.4, -0.2) is 13.2 Å². The van der Waals surface area contributed by atoms with Gasteiger partial charge in [-0.2, -0.15) is 0 Å². The quantitative estimate of drug-likeness (QED) is 0.863. The molecule has 0 heterocycles. The van der Waals surface area contributed by atoms with Crippen molar-refractivity contribution in [3.63, 3.8) is 0 Å². The average Bonchev–Trinajstić information content (AvgIpc) is 2.46. The number of benzene rings is 1. The van der Waals surface area contributed by atoms with Crippen LogP contribution in [0.1, 0.15) is 50.2 Å². The Morgan fingerprint density at radius 2 is 2.00 bits per heavy atom. The highest BCUT2D eigenvalue weighted by Crippen LogP contribution is 2.26. The van der Waals surface area contributed by atoms with Crippen molar-refractivity contribution in [2.24, 2.45) is 5.92 Å². The molecule has 0 bridgehead atoms. The van der Waals surface area contributed by atoms with E-state index >= 15 is 0 Å². The van der Waals surface area contributed by atoms with E-state index in [4.69, 9.17) is 4.74 Å². The number of nitrogens with one attached hydrogen (secondary N) is 1. The highest BCUT2D eigenvalue weighted by Gasteiger charge is 2.19. The Morgan fingerprint density at radius 3 is 2.63 bits per heavy atom. The van der Waals surface area contributed by atoms with Crippen molar-refractivity contribution in [2.75, 3.05) is 7.11 Å². The third-order valence-corrected chi connectivity index (χ3v) is 4.44. The maximum absolute atomic E-state index is 5.30. The highest BCUT2D eigenvalue weighted by molar-refractivity contribution is 5.36. The molecule has 0 unspecified atom stereocenters. The first-order valence-corrected chi connectivity index (χ1v) is 7.57. The molecule has 1 aliphatic rings. The first-order chi connectivity index (χ1) is 9.20. The predicted octanol–water partition coefficient (Wildman–Crippen LogP) is 4.06. The van der Waals surface area contributed by atoms with Crippen LogP contribution in [-0.2, 0) is 6.54 Å². The normalized spacial score (nSPS) is 18.3. The zero-order chi connectivity index (χ0) is 13.7. The maximum atomic E-state index is 5.30. The number of hydrogen-bond acceptors (Lipinski definition) is 2. The maximum Gasteiger partial charge on any atom is 0.121 e. The molecule has 0 radical (unpaired) electrons. The monoisotopic (exact) mass is 261 g/mol. The van der Waals surface area contributed by atoms with E-state index in [2.05, 4.69) is 37.4 Å². The molecule has 1 fully saturated rings. The van der Waals surface area contributed by atoms with Gasteiger partial charge >= 0.3 is 0 Å². The molecular formula is C17H27NO. The van der Waals surface area contributed by atoms with Crippen LogP contribution in [0.4, 0.5) is 0 Å². The summed E-state index contributed by atoms with van der Waals surface area (Å²) in [6.07, 6.45) is 7.06. The van der Waals surface area contributed by atoms with Gasteiger partial charge in [-0.25, -0.2) is 0 Å². The molecule has 0 spiro atoms. The van der Waals surface area contributed by atoms with Crippen molar-refractivity contribution in [3.05, 3.63) is 29.3 Å². The molecule has 1 aromatic rings. The predicted molar refractivity (Wildman–Crippen MR) is 80.6 cm³/mol. The molecule has 19 heavy (non-hydrogen) atoms. The fourth-order valence-electron chi connectivity index (χ4n) is 3.13. The second kappa shape index (κ2) is 6.95. The summed E-state index contributed by atoms with van der Waals surface area (Å²) in [5.41, 5.74) is 2.56. The lowest BCUT2D eigenvalue weighted by Crippen LogP contribution is -2.34. The van der Waals surface area contributed by atoms with E-state index in [1.807, 2.05) is 0 Å². The van der Waals surface area contributed by atoms with Gasteiger partial charge in [0, 0.05) is 12.6 Å². The van der Waals surface area contributed by atoms with E-state index in [1.54, 1.807) is 7.11 Å². The van der Waals surface area contributed by atoms with Crippen LogP contribution in [0.3, 0.4) is 0 Å². The second-order valence-electron chi connectivity index (χ2n) is 5.87. The van der Waals surface area contributed by atoms with Gasteiger partial charge in [0.25, 0.3) is 0 Å². The molecule has 0 aromatic heterocycles. The van der Waals surface area contributed by atoms with Gasteiger partial charge in [-0.15, -0.1) is 0 Å². The molecule has 2 rings (SSSR count). The average molecular weight is 261 g/mol.